The van der Waals surface area contributed by atoms with Gasteiger partial charge in [0.1, 0.15) is 11.9 Å². The van der Waals surface area contributed by atoms with Crippen LogP contribution in [-0.2, 0) is 4.79 Å². The van der Waals surface area contributed by atoms with Crippen LogP contribution in [0.5, 0.6) is 5.75 Å². The van der Waals surface area contributed by atoms with Crippen LogP contribution in [-0.4, -0.2) is 42.6 Å². The van der Waals surface area contributed by atoms with Crippen LogP contribution in [0.2, 0.25) is 5.02 Å². The van der Waals surface area contributed by atoms with E-state index in [2.05, 4.69) is 12.2 Å². The molecule has 0 aliphatic carbocycles. The number of halogens is 1. The Labute approximate surface area is 181 Å². The Morgan fingerprint density at radius 2 is 1.90 bits per heavy atom. The topological polar surface area (TPSA) is 61.9 Å². The summed E-state index contributed by atoms with van der Waals surface area (Å²) >= 11 is 5.99. The molecule has 2 aliphatic rings. The summed E-state index contributed by atoms with van der Waals surface area (Å²) in [6.45, 7) is 3.72. The van der Waals surface area contributed by atoms with Gasteiger partial charge in [0.15, 0.2) is 0 Å². The van der Waals surface area contributed by atoms with Gasteiger partial charge in [0, 0.05) is 29.7 Å². The lowest BCUT2D eigenvalue weighted by Gasteiger charge is -2.39. The molecule has 0 radical (unpaired) electrons. The molecular formula is C23H26ClN3O3. The number of urea groups is 1. The molecule has 158 valence electrons. The standard InChI is InChI=1S/C23H26ClN3O3/c1-2-19-15-27(20-8-3-4-9-21(20)30-19)23(29)26-12-10-16(11-13-26)22(28)25-18-7-5-6-17(24)14-18/h3-9,14,16,19H,2,10-13,15H2,1H3,(H,25,28)/t19-/m1/s1. The molecule has 0 saturated carbocycles. The van der Waals surface area contributed by atoms with E-state index < -0.39 is 0 Å². The Morgan fingerprint density at radius 1 is 1.13 bits per heavy atom. The molecule has 1 fully saturated rings. The number of fused-ring (bicyclic) bond motifs is 1. The summed E-state index contributed by atoms with van der Waals surface area (Å²) in [6, 6.07) is 14.8. The third-order valence-electron chi connectivity index (χ3n) is 5.75. The summed E-state index contributed by atoms with van der Waals surface area (Å²) < 4.78 is 5.99. The number of nitrogens with zero attached hydrogens (tertiary/aromatic N) is 2. The van der Waals surface area contributed by atoms with E-state index in [9.17, 15) is 9.59 Å². The van der Waals surface area contributed by atoms with Crippen LogP contribution in [0.3, 0.4) is 0 Å². The Balaban J connectivity index is 1.38. The number of carbonyl (C=O) groups excluding carboxylic acids is 2. The van der Waals surface area contributed by atoms with Crippen LogP contribution >= 0.6 is 11.6 Å². The summed E-state index contributed by atoms with van der Waals surface area (Å²) in [5, 5.41) is 3.52. The minimum absolute atomic E-state index is 0.00939. The fourth-order valence-corrected chi connectivity index (χ4v) is 4.20. The van der Waals surface area contributed by atoms with E-state index in [-0.39, 0.29) is 24.0 Å². The Morgan fingerprint density at radius 3 is 2.63 bits per heavy atom. The van der Waals surface area contributed by atoms with Gasteiger partial charge in [0.25, 0.3) is 0 Å². The zero-order chi connectivity index (χ0) is 21.1. The van der Waals surface area contributed by atoms with Gasteiger partial charge in [-0.25, -0.2) is 4.79 Å². The summed E-state index contributed by atoms with van der Waals surface area (Å²) in [5.74, 6) is 0.611. The van der Waals surface area contributed by atoms with Crippen LogP contribution in [0, 0.1) is 5.92 Å². The second-order valence-electron chi connectivity index (χ2n) is 7.77. The molecule has 2 aromatic carbocycles. The second-order valence-corrected chi connectivity index (χ2v) is 8.21. The Bertz CT molecular complexity index is 927. The van der Waals surface area contributed by atoms with Crippen LogP contribution < -0.4 is 15.0 Å². The average molecular weight is 428 g/mol. The van der Waals surface area contributed by atoms with Gasteiger partial charge in [-0.2, -0.15) is 0 Å². The van der Waals surface area contributed by atoms with Crippen molar-refractivity contribution < 1.29 is 14.3 Å². The highest BCUT2D eigenvalue weighted by molar-refractivity contribution is 6.30. The highest BCUT2D eigenvalue weighted by Crippen LogP contribution is 2.35. The van der Waals surface area contributed by atoms with Gasteiger partial charge in [-0.1, -0.05) is 36.7 Å². The number of rotatable bonds is 3. The maximum atomic E-state index is 13.3. The van der Waals surface area contributed by atoms with Gasteiger partial charge < -0.3 is 15.0 Å². The number of amides is 3. The van der Waals surface area contributed by atoms with Crippen LogP contribution in [0.1, 0.15) is 26.2 Å². The number of carbonyl (C=O) groups is 2. The first-order valence-corrected chi connectivity index (χ1v) is 10.8. The van der Waals surface area contributed by atoms with Crippen molar-refractivity contribution in [3.8, 4) is 5.75 Å². The number of para-hydroxylation sites is 2. The molecule has 2 heterocycles. The van der Waals surface area contributed by atoms with E-state index in [1.165, 1.54) is 0 Å². The molecule has 2 aromatic rings. The first kappa shape index (κ1) is 20.5. The van der Waals surface area contributed by atoms with Gasteiger partial charge >= 0.3 is 6.03 Å². The number of nitrogens with one attached hydrogen (secondary N) is 1. The first-order chi connectivity index (χ1) is 14.5. The van der Waals surface area contributed by atoms with E-state index in [0.29, 0.717) is 43.2 Å². The highest BCUT2D eigenvalue weighted by atomic mass is 35.5. The second kappa shape index (κ2) is 8.96. The predicted molar refractivity (Wildman–Crippen MR) is 118 cm³/mol. The van der Waals surface area contributed by atoms with E-state index in [0.717, 1.165) is 17.9 Å². The zero-order valence-corrected chi connectivity index (χ0v) is 17.8. The maximum Gasteiger partial charge on any atom is 0.324 e. The fraction of sp³-hybridized carbons (Fsp3) is 0.391. The Kier molecular flexibility index (Phi) is 6.13. The van der Waals surface area contributed by atoms with E-state index in [1.54, 1.807) is 12.1 Å². The summed E-state index contributed by atoms with van der Waals surface area (Å²) in [4.78, 5) is 29.5. The van der Waals surface area contributed by atoms with Crippen molar-refractivity contribution in [2.75, 3.05) is 29.9 Å². The molecule has 1 atom stereocenters. The van der Waals surface area contributed by atoms with Crippen molar-refractivity contribution in [1.29, 1.82) is 0 Å². The lowest BCUT2D eigenvalue weighted by Crippen LogP contribution is -2.52. The smallest absolute Gasteiger partial charge is 0.324 e. The van der Waals surface area contributed by atoms with Crippen molar-refractivity contribution in [2.45, 2.75) is 32.3 Å². The third kappa shape index (κ3) is 4.38. The molecule has 4 rings (SSSR count). The van der Waals surface area contributed by atoms with Gasteiger partial charge in [0.2, 0.25) is 5.91 Å². The van der Waals surface area contributed by atoms with Crippen LogP contribution in [0.15, 0.2) is 48.5 Å². The van der Waals surface area contributed by atoms with Crippen molar-refractivity contribution in [1.82, 2.24) is 4.90 Å². The number of benzene rings is 2. The summed E-state index contributed by atoms with van der Waals surface area (Å²) in [5.41, 5.74) is 1.51. The SMILES string of the molecule is CC[C@@H]1CN(C(=O)N2CCC(C(=O)Nc3cccc(Cl)c3)CC2)c2ccccc2O1. The van der Waals surface area contributed by atoms with Gasteiger partial charge in [-0.3, -0.25) is 9.69 Å². The fourth-order valence-electron chi connectivity index (χ4n) is 4.01. The minimum Gasteiger partial charge on any atom is -0.486 e. The number of hydrogen-bond acceptors (Lipinski definition) is 3. The molecule has 2 aliphatic heterocycles. The third-order valence-corrected chi connectivity index (χ3v) is 5.99. The zero-order valence-electron chi connectivity index (χ0n) is 17.0. The molecule has 30 heavy (non-hydrogen) atoms. The number of anilines is 2. The lowest BCUT2D eigenvalue weighted by molar-refractivity contribution is -0.121. The van der Waals surface area contributed by atoms with Crippen molar-refractivity contribution in [2.24, 2.45) is 5.92 Å². The predicted octanol–water partition coefficient (Wildman–Crippen LogP) is 4.79. The molecule has 0 spiro atoms. The molecule has 1 N–H and O–H groups in total. The van der Waals surface area contributed by atoms with E-state index >= 15 is 0 Å². The van der Waals surface area contributed by atoms with Crippen LogP contribution in [0.25, 0.3) is 0 Å². The molecule has 0 unspecified atom stereocenters. The largest absolute Gasteiger partial charge is 0.486 e. The first-order valence-electron chi connectivity index (χ1n) is 10.4. The molecule has 0 bridgehead atoms. The van der Waals surface area contributed by atoms with Crippen molar-refractivity contribution in [3.63, 3.8) is 0 Å². The lowest BCUT2D eigenvalue weighted by atomic mass is 9.96. The van der Waals surface area contributed by atoms with Gasteiger partial charge in [-0.05, 0) is 49.6 Å². The number of ether oxygens (including phenoxy) is 1. The van der Waals surface area contributed by atoms with E-state index in [1.807, 2.05) is 46.2 Å². The number of piperidine rings is 1. The summed E-state index contributed by atoms with van der Waals surface area (Å²) in [6.07, 6.45) is 2.11. The maximum absolute atomic E-state index is 13.3. The normalized spacial score (nSPS) is 19.1. The molecule has 3 amide bonds. The Hall–Kier alpha value is -2.73. The minimum atomic E-state index is -0.117. The summed E-state index contributed by atoms with van der Waals surface area (Å²) in [7, 11) is 0. The monoisotopic (exact) mass is 427 g/mol. The highest BCUT2D eigenvalue weighted by Gasteiger charge is 2.34. The van der Waals surface area contributed by atoms with Crippen LogP contribution in [0.4, 0.5) is 16.2 Å². The van der Waals surface area contributed by atoms with Gasteiger partial charge in [-0.15, -0.1) is 0 Å². The molecule has 0 aromatic heterocycles. The van der Waals surface area contributed by atoms with Crippen molar-refractivity contribution in [3.05, 3.63) is 53.6 Å². The molecule has 1 saturated heterocycles. The molecule has 6 nitrogen and oxygen atoms in total. The molecule has 7 heteroatoms. The van der Waals surface area contributed by atoms with Gasteiger partial charge in [0.05, 0.1) is 12.2 Å². The number of likely N-dealkylation sites (tertiary alicyclic amines) is 1. The molecular weight excluding hydrogens is 402 g/mol. The van der Waals surface area contributed by atoms with Crippen molar-refractivity contribution >= 4 is 34.9 Å². The quantitative estimate of drug-likeness (QED) is 0.766. The van der Waals surface area contributed by atoms with E-state index in [4.69, 9.17) is 16.3 Å². The average Bonchev–Trinajstić information content (AvgIpc) is 2.78. The number of hydrogen-bond donors (Lipinski definition) is 1.